The Balaban J connectivity index is 2.33. The van der Waals surface area contributed by atoms with Crippen LogP contribution in [0.2, 0.25) is 0 Å². The normalized spacial score (nSPS) is 20.2. The molecule has 0 radical (unpaired) electrons. The summed E-state index contributed by atoms with van der Waals surface area (Å²) in [5.41, 5.74) is 8.90. The molecule has 1 nitrogen and oxygen atoms in total. The van der Waals surface area contributed by atoms with Gasteiger partial charge in [0.2, 0.25) is 0 Å². The van der Waals surface area contributed by atoms with E-state index in [1.54, 1.807) is 0 Å². The van der Waals surface area contributed by atoms with Crippen LogP contribution in [-0.2, 0) is 5.75 Å². The van der Waals surface area contributed by atoms with E-state index in [0.717, 1.165) is 11.5 Å². The van der Waals surface area contributed by atoms with Gasteiger partial charge in [0, 0.05) is 17.5 Å². The zero-order valence-electron chi connectivity index (χ0n) is 8.44. The molecular formula is C13H13NS. The largest absolute Gasteiger partial charge is 0.323 e. The Morgan fingerprint density at radius 1 is 1.13 bits per heavy atom. The first-order chi connectivity index (χ1) is 7.36. The van der Waals surface area contributed by atoms with E-state index in [-0.39, 0.29) is 6.04 Å². The second kappa shape index (κ2) is 3.54. The van der Waals surface area contributed by atoms with Crippen LogP contribution < -0.4 is 5.73 Å². The summed E-state index contributed by atoms with van der Waals surface area (Å²) in [7, 11) is 0. The Hall–Kier alpha value is -0.990. The lowest BCUT2D eigenvalue weighted by atomic mass is 9.96. The van der Waals surface area contributed by atoms with Crippen molar-refractivity contribution in [3.8, 4) is 0 Å². The van der Waals surface area contributed by atoms with Gasteiger partial charge in [-0.3, -0.25) is 0 Å². The molecule has 0 aromatic heterocycles. The summed E-state index contributed by atoms with van der Waals surface area (Å²) in [5.74, 6) is 2.15. The number of hydrogen-bond acceptors (Lipinski definition) is 2. The van der Waals surface area contributed by atoms with Gasteiger partial charge in [-0.15, -0.1) is 0 Å². The van der Waals surface area contributed by atoms with Crippen molar-refractivity contribution in [1.82, 2.24) is 0 Å². The molecule has 2 N–H and O–H groups in total. The first-order valence-corrected chi connectivity index (χ1v) is 6.35. The minimum atomic E-state index is 0.211. The fourth-order valence-electron chi connectivity index (χ4n) is 2.24. The first-order valence-electron chi connectivity index (χ1n) is 5.20. The highest BCUT2D eigenvalue weighted by molar-refractivity contribution is 7.98. The van der Waals surface area contributed by atoms with Crippen molar-refractivity contribution >= 4 is 22.5 Å². The molecule has 0 saturated heterocycles. The molecular weight excluding hydrogens is 202 g/mol. The van der Waals surface area contributed by atoms with E-state index in [0.29, 0.717) is 0 Å². The van der Waals surface area contributed by atoms with Crippen LogP contribution in [0, 0.1) is 0 Å². The van der Waals surface area contributed by atoms with Gasteiger partial charge in [0.25, 0.3) is 0 Å². The number of nitrogens with two attached hydrogens (primary N) is 1. The van der Waals surface area contributed by atoms with E-state index in [9.17, 15) is 0 Å². The molecule has 0 fully saturated rings. The van der Waals surface area contributed by atoms with Gasteiger partial charge < -0.3 is 5.73 Å². The van der Waals surface area contributed by atoms with Crippen LogP contribution in [0.4, 0.5) is 0 Å². The number of thioether (sulfide) groups is 1. The summed E-state index contributed by atoms with van der Waals surface area (Å²) in [6, 6.07) is 13.2. The SMILES string of the molecule is N[C@@H]1CSCc2c1ccc1ccccc21. The van der Waals surface area contributed by atoms with Crippen molar-refractivity contribution in [1.29, 1.82) is 0 Å². The third-order valence-corrected chi connectivity index (χ3v) is 4.11. The molecule has 0 unspecified atom stereocenters. The molecule has 1 atom stereocenters. The first kappa shape index (κ1) is 9.25. The van der Waals surface area contributed by atoms with Gasteiger partial charge in [-0.1, -0.05) is 36.4 Å². The number of rotatable bonds is 0. The lowest BCUT2D eigenvalue weighted by molar-refractivity contribution is 0.813. The summed E-state index contributed by atoms with van der Waals surface area (Å²) in [5, 5.41) is 2.70. The van der Waals surface area contributed by atoms with Gasteiger partial charge >= 0.3 is 0 Å². The number of benzene rings is 2. The Morgan fingerprint density at radius 3 is 2.93 bits per heavy atom. The zero-order valence-corrected chi connectivity index (χ0v) is 9.26. The summed E-state index contributed by atoms with van der Waals surface area (Å²) in [4.78, 5) is 0. The molecule has 0 saturated carbocycles. The minimum absolute atomic E-state index is 0.211. The minimum Gasteiger partial charge on any atom is -0.323 e. The van der Waals surface area contributed by atoms with Crippen LogP contribution >= 0.6 is 11.8 Å². The van der Waals surface area contributed by atoms with Crippen molar-refractivity contribution in [2.45, 2.75) is 11.8 Å². The van der Waals surface area contributed by atoms with Gasteiger partial charge in [-0.05, 0) is 21.9 Å². The van der Waals surface area contributed by atoms with Crippen LogP contribution in [-0.4, -0.2) is 5.75 Å². The molecule has 1 aliphatic heterocycles. The quantitative estimate of drug-likeness (QED) is 0.731. The smallest absolute Gasteiger partial charge is 0.0390 e. The lowest BCUT2D eigenvalue weighted by Gasteiger charge is -2.23. The Bertz CT molecular complexity index is 507. The van der Waals surface area contributed by atoms with Crippen LogP contribution in [0.1, 0.15) is 17.2 Å². The predicted octanol–water partition coefficient (Wildman–Crippen LogP) is 3.09. The van der Waals surface area contributed by atoms with Crippen molar-refractivity contribution in [2.24, 2.45) is 5.73 Å². The molecule has 15 heavy (non-hydrogen) atoms. The molecule has 0 bridgehead atoms. The fourth-order valence-corrected chi connectivity index (χ4v) is 3.32. The van der Waals surface area contributed by atoms with Gasteiger partial charge in [-0.2, -0.15) is 11.8 Å². The number of fused-ring (bicyclic) bond motifs is 3. The Kier molecular flexibility index (Phi) is 2.19. The topological polar surface area (TPSA) is 26.0 Å². The van der Waals surface area contributed by atoms with Crippen molar-refractivity contribution in [2.75, 3.05) is 5.75 Å². The lowest BCUT2D eigenvalue weighted by Crippen LogP contribution is -2.18. The monoisotopic (exact) mass is 215 g/mol. The fraction of sp³-hybridized carbons (Fsp3) is 0.231. The van der Waals surface area contributed by atoms with Gasteiger partial charge in [-0.25, -0.2) is 0 Å². The highest BCUT2D eigenvalue weighted by Crippen LogP contribution is 2.34. The second-order valence-electron chi connectivity index (χ2n) is 3.98. The molecule has 2 heteroatoms. The second-order valence-corrected chi connectivity index (χ2v) is 5.01. The van der Waals surface area contributed by atoms with Gasteiger partial charge in [0.05, 0.1) is 0 Å². The van der Waals surface area contributed by atoms with Gasteiger partial charge in [0.1, 0.15) is 0 Å². The molecule has 3 rings (SSSR count). The standard InChI is InChI=1S/C13H13NS/c14-13-8-15-7-12-10-4-2-1-3-9(10)5-6-11(12)13/h1-6,13H,7-8,14H2/t13-/m1/s1. The van der Waals surface area contributed by atoms with Crippen LogP contribution in [0.25, 0.3) is 10.8 Å². The van der Waals surface area contributed by atoms with E-state index < -0.39 is 0 Å². The highest BCUT2D eigenvalue weighted by atomic mass is 32.2. The van der Waals surface area contributed by atoms with Crippen molar-refractivity contribution < 1.29 is 0 Å². The Morgan fingerprint density at radius 2 is 2.00 bits per heavy atom. The molecule has 0 aliphatic carbocycles. The summed E-state index contributed by atoms with van der Waals surface area (Å²) in [6.07, 6.45) is 0. The molecule has 1 heterocycles. The summed E-state index contributed by atoms with van der Waals surface area (Å²) >= 11 is 1.94. The molecule has 76 valence electrons. The molecule has 0 spiro atoms. The predicted molar refractivity (Wildman–Crippen MR) is 67.0 cm³/mol. The van der Waals surface area contributed by atoms with Crippen LogP contribution in [0.15, 0.2) is 36.4 Å². The van der Waals surface area contributed by atoms with E-state index in [1.807, 2.05) is 11.8 Å². The zero-order chi connectivity index (χ0) is 10.3. The molecule has 0 amide bonds. The van der Waals surface area contributed by atoms with E-state index in [1.165, 1.54) is 21.9 Å². The summed E-state index contributed by atoms with van der Waals surface area (Å²) < 4.78 is 0. The van der Waals surface area contributed by atoms with Crippen LogP contribution in [0.3, 0.4) is 0 Å². The highest BCUT2D eigenvalue weighted by Gasteiger charge is 2.18. The maximum absolute atomic E-state index is 6.12. The van der Waals surface area contributed by atoms with E-state index in [2.05, 4.69) is 36.4 Å². The van der Waals surface area contributed by atoms with E-state index in [4.69, 9.17) is 5.73 Å². The Labute approximate surface area is 93.7 Å². The van der Waals surface area contributed by atoms with Crippen molar-refractivity contribution in [3.63, 3.8) is 0 Å². The summed E-state index contributed by atoms with van der Waals surface area (Å²) in [6.45, 7) is 0. The molecule has 2 aromatic rings. The third kappa shape index (κ3) is 1.45. The average Bonchev–Trinajstić information content (AvgIpc) is 2.29. The third-order valence-electron chi connectivity index (χ3n) is 3.02. The maximum Gasteiger partial charge on any atom is 0.0390 e. The molecule has 2 aromatic carbocycles. The van der Waals surface area contributed by atoms with Crippen LogP contribution in [0.5, 0.6) is 0 Å². The average molecular weight is 215 g/mol. The van der Waals surface area contributed by atoms with Gasteiger partial charge in [0.15, 0.2) is 0 Å². The maximum atomic E-state index is 6.12. The van der Waals surface area contributed by atoms with Crippen molar-refractivity contribution in [3.05, 3.63) is 47.5 Å². The number of hydrogen-bond donors (Lipinski definition) is 1. The van der Waals surface area contributed by atoms with E-state index >= 15 is 0 Å². The molecule has 1 aliphatic rings.